The summed E-state index contributed by atoms with van der Waals surface area (Å²) in [5, 5.41) is 2.31. The van der Waals surface area contributed by atoms with Gasteiger partial charge in [-0.1, -0.05) is 0 Å². The maximum absolute atomic E-state index is 13.6. The molecule has 5 N–H and O–H groups in total. The SMILES string of the molecule is CC(COc1cc(C(F)(F)F)ccc1F)NC(=O)c1[nH]c(=O)[nH]c(=O)c1N. The minimum Gasteiger partial charge on any atom is -0.488 e. The maximum atomic E-state index is 13.6. The standard InChI is InChI=1S/C15H14F4N4O4/c1-6(21-13(25)11-10(20)12(24)23-14(26)22-11)5-27-9-4-7(15(17,18)19)2-3-8(9)16/h2-4,6H,5,20H2,1H3,(H,21,25)(H2,22,23,24,26). The first kappa shape index (κ1) is 20.0. The van der Waals surface area contributed by atoms with Crippen LogP contribution in [0.4, 0.5) is 23.2 Å². The lowest BCUT2D eigenvalue weighted by molar-refractivity contribution is -0.137. The van der Waals surface area contributed by atoms with Gasteiger partial charge in [0.2, 0.25) is 0 Å². The highest BCUT2D eigenvalue weighted by atomic mass is 19.4. The number of nitrogens with two attached hydrogens (primary N) is 1. The lowest BCUT2D eigenvalue weighted by Gasteiger charge is -2.16. The Hall–Kier alpha value is -3.31. The van der Waals surface area contributed by atoms with Gasteiger partial charge in [-0.25, -0.2) is 9.18 Å². The zero-order valence-corrected chi connectivity index (χ0v) is 13.7. The monoisotopic (exact) mass is 390 g/mol. The number of hydrogen-bond acceptors (Lipinski definition) is 5. The summed E-state index contributed by atoms with van der Waals surface area (Å²) in [6.07, 6.45) is -4.67. The van der Waals surface area contributed by atoms with Crippen molar-refractivity contribution in [2.45, 2.75) is 19.1 Å². The second kappa shape index (κ2) is 7.51. The lowest BCUT2D eigenvalue weighted by Crippen LogP contribution is -2.40. The van der Waals surface area contributed by atoms with Crippen molar-refractivity contribution in [2.24, 2.45) is 0 Å². The van der Waals surface area contributed by atoms with E-state index in [1.54, 1.807) is 0 Å². The molecule has 0 fully saturated rings. The van der Waals surface area contributed by atoms with E-state index >= 15 is 0 Å². The van der Waals surface area contributed by atoms with Crippen LogP contribution in [-0.4, -0.2) is 28.5 Å². The van der Waals surface area contributed by atoms with Crippen LogP contribution in [0.5, 0.6) is 5.75 Å². The number of nitrogen functional groups attached to an aromatic ring is 1. The maximum Gasteiger partial charge on any atom is 0.416 e. The number of anilines is 1. The summed E-state index contributed by atoms with van der Waals surface area (Å²) in [7, 11) is 0. The Bertz CT molecular complexity index is 968. The second-order valence-corrected chi connectivity index (χ2v) is 5.53. The molecule has 8 nitrogen and oxygen atoms in total. The number of halogens is 4. The van der Waals surface area contributed by atoms with Gasteiger partial charge in [0.25, 0.3) is 11.5 Å². The molecule has 1 aromatic heterocycles. The highest BCUT2D eigenvalue weighted by molar-refractivity contribution is 5.96. The molecule has 0 saturated carbocycles. The van der Waals surface area contributed by atoms with E-state index in [9.17, 15) is 31.9 Å². The number of benzene rings is 1. The predicted molar refractivity (Wildman–Crippen MR) is 85.9 cm³/mol. The summed E-state index contributed by atoms with van der Waals surface area (Å²) in [5.74, 6) is -2.57. The van der Waals surface area contributed by atoms with Crippen LogP contribution < -0.4 is 27.0 Å². The lowest BCUT2D eigenvalue weighted by atomic mass is 10.2. The molecule has 12 heteroatoms. The van der Waals surface area contributed by atoms with Gasteiger partial charge in [-0.05, 0) is 25.1 Å². The van der Waals surface area contributed by atoms with E-state index in [2.05, 4.69) is 10.3 Å². The largest absolute Gasteiger partial charge is 0.488 e. The second-order valence-electron chi connectivity index (χ2n) is 5.53. The van der Waals surface area contributed by atoms with Crippen LogP contribution in [0.2, 0.25) is 0 Å². The number of aromatic nitrogens is 2. The Morgan fingerprint density at radius 2 is 1.96 bits per heavy atom. The van der Waals surface area contributed by atoms with Crippen LogP contribution in [0.25, 0.3) is 0 Å². The molecule has 1 aromatic carbocycles. The first-order valence-electron chi connectivity index (χ1n) is 7.41. The van der Waals surface area contributed by atoms with Crippen molar-refractivity contribution in [3.05, 3.63) is 56.1 Å². The molecule has 1 atom stereocenters. The summed E-state index contributed by atoms with van der Waals surface area (Å²) in [4.78, 5) is 38.5. The topological polar surface area (TPSA) is 130 Å². The van der Waals surface area contributed by atoms with Gasteiger partial charge in [-0.3, -0.25) is 14.6 Å². The zero-order chi connectivity index (χ0) is 20.4. The Labute approximate surface area is 148 Å². The van der Waals surface area contributed by atoms with Crippen LogP contribution in [0.1, 0.15) is 23.0 Å². The molecule has 27 heavy (non-hydrogen) atoms. The fourth-order valence-electron chi connectivity index (χ4n) is 2.02. The summed E-state index contributed by atoms with van der Waals surface area (Å²) < 4.78 is 56.6. The Kier molecular flexibility index (Phi) is 5.57. The summed E-state index contributed by atoms with van der Waals surface area (Å²) in [5.41, 5.74) is 1.40. The number of nitrogens with one attached hydrogen (secondary N) is 3. The number of hydrogen-bond donors (Lipinski definition) is 4. The summed E-state index contributed by atoms with van der Waals surface area (Å²) in [6, 6.07) is 0.854. The summed E-state index contributed by atoms with van der Waals surface area (Å²) >= 11 is 0. The fourth-order valence-corrected chi connectivity index (χ4v) is 2.02. The molecule has 146 valence electrons. The van der Waals surface area contributed by atoms with Gasteiger partial charge in [-0.15, -0.1) is 0 Å². The molecule has 0 spiro atoms. The molecular weight excluding hydrogens is 376 g/mol. The number of carbonyl (C=O) groups excluding carboxylic acids is 1. The van der Waals surface area contributed by atoms with Crippen LogP contribution in [0, 0.1) is 5.82 Å². The van der Waals surface area contributed by atoms with Crippen molar-refractivity contribution in [2.75, 3.05) is 12.3 Å². The number of amides is 1. The van der Waals surface area contributed by atoms with Gasteiger partial charge in [0, 0.05) is 0 Å². The van der Waals surface area contributed by atoms with Gasteiger partial charge in [0.15, 0.2) is 11.6 Å². The normalized spacial score (nSPS) is 12.5. The molecule has 0 aliphatic heterocycles. The first-order valence-corrected chi connectivity index (χ1v) is 7.41. The smallest absolute Gasteiger partial charge is 0.416 e. The molecule has 2 aromatic rings. The molecule has 0 aliphatic carbocycles. The van der Waals surface area contributed by atoms with Gasteiger partial charge >= 0.3 is 11.9 Å². The molecule has 0 saturated heterocycles. The van der Waals surface area contributed by atoms with Crippen LogP contribution in [0.3, 0.4) is 0 Å². The Morgan fingerprint density at radius 1 is 1.30 bits per heavy atom. The van der Waals surface area contributed by atoms with E-state index in [-0.39, 0.29) is 0 Å². The van der Waals surface area contributed by atoms with Crippen molar-refractivity contribution in [1.29, 1.82) is 0 Å². The molecule has 1 unspecified atom stereocenters. The van der Waals surface area contributed by atoms with E-state index < -0.39 is 64.5 Å². The number of carbonyl (C=O) groups is 1. The third-order valence-electron chi connectivity index (χ3n) is 3.33. The van der Waals surface area contributed by atoms with Crippen molar-refractivity contribution >= 4 is 11.6 Å². The quantitative estimate of drug-likeness (QED) is 0.566. The molecule has 2 rings (SSSR count). The number of ether oxygens (including phenoxy) is 1. The molecule has 1 amide bonds. The summed E-state index contributed by atoms with van der Waals surface area (Å²) in [6.45, 7) is 1.02. The van der Waals surface area contributed by atoms with Crippen molar-refractivity contribution < 1.29 is 27.1 Å². The average Bonchev–Trinajstić information content (AvgIpc) is 2.56. The van der Waals surface area contributed by atoms with Crippen LogP contribution in [0.15, 0.2) is 27.8 Å². The number of aromatic amines is 2. The van der Waals surface area contributed by atoms with Gasteiger partial charge in [0.1, 0.15) is 18.0 Å². The zero-order valence-electron chi connectivity index (χ0n) is 13.7. The van der Waals surface area contributed by atoms with Crippen LogP contribution >= 0.6 is 0 Å². The van der Waals surface area contributed by atoms with E-state index in [4.69, 9.17) is 10.5 Å². The third kappa shape index (κ3) is 4.86. The van der Waals surface area contributed by atoms with E-state index in [0.29, 0.717) is 18.2 Å². The van der Waals surface area contributed by atoms with Crippen molar-refractivity contribution in [1.82, 2.24) is 15.3 Å². The minimum absolute atomic E-state index is 0.392. The van der Waals surface area contributed by atoms with Crippen molar-refractivity contribution in [3.63, 3.8) is 0 Å². The van der Waals surface area contributed by atoms with E-state index in [1.165, 1.54) is 6.92 Å². The number of H-pyrrole nitrogens is 2. The van der Waals surface area contributed by atoms with Crippen molar-refractivity contribution in [3.8, 4) is 5.75 Å². The van der Waals surface area contributed by atoms with E-state index in [0.717, 1.165) is 0 Å². The molecule has 0 bridgehead atoms. The van der Waals surface area contributed by atoms with Gasteiger partial charge < -0.3 is 20.8 Å². The third-order valence-corrected chi connectivity index (χ3v) is 3.33. The molecule has 1 heterocycles. The van der Waals surface area contributed by atoms with Crippen LogP contribution in [-0.2, 0) is 6.18 Å². The predicted octanol–water partition coefficient (Wildman–Crippen LogP) is 1.00. The highest BCUT2D eigenvalue weighted by Crippen LogP contribution is 2.32. The number of alkyl halides is 3. The fraction of sp³-hybridized carbons (Fsp3) is 0.267. The van der Waals surface area contributed by atoms with Gasteiger partial charge in [0.05, 0.1) is 11.6 Å². The molecule has 0 aliphatic rings. The van der Waals surface area contributed by atoms with E-state index in [1.807, 2.05) is 4.98 Å². The Balaban J connectivity index is 2.07. The molecule has 0 radical (unpaired) electrons. The minimum atomic E-state index is -4.67. The highest BCUT2D eigenvalue weighted by Gasteiger charge is 2.31. The average molecular weight is 390 g/mol. The van der Waals surface area contributed by atoms with Gasteiger partial charge in [-0.2, -0.15) is 13.2 Å². The first-order chi connectivity index (χ1) is 12.5. The molecular formula is C15H14F4N4O4. The Morgan fingerprint density at radius 3 is 2.59 bits per heavy atom. The number of rotatable bonds is 5.